The molecule has 0 saturated heterocycles. The van der Waals surface area contributed by atoms with Crippen LogP contribution in [-0.2, 0) is 4.74 Å². The first-order valence-corrected chi connectivity index (χ1v) is 5.70. The quantitative estimate of drug-likeness (QED) is 0.851. The van der Waals surface area contributed by atoms with E-state index in [9.17, 15) is 14.7 Å². The van der Waals surface area contributed by atoms with Gasteiger partial charge in [0, 0.05) is 0 Å². The highest BCUT2D eigenvalue weighted by Crippen LogP contribution is 2.26. The van der Waals surface area contributed by atoms with Crippen molar-refractivity contribution in [3.8, 4) is 5.75 Å². The van der Waals surface area contributed by atoms with Gasteiger partial charge in [0.05, 0.1) is 12.2 Å². The summed E-state index contributed by atoms with van der Waals surface area (Å²) in [6.45, 7) is 1.87. The number of hydrogen-bond acceptors (Lipinski definition) is 4. The summed E-state index contributed by atoms with van der Waals surface area (Å²) >= 11 is 0. The number of aromatic hydroxyl groups is 1. The van der Waals surface area contributed by atoms with Crippen molar-refractivity contribution in [1.82, 2.24) is 0 Å². The van der Waals surface area contributed by atoms with E-state index in [4.69, 9.17) is 9.84 Å². The molecule has 0 bridgehead atoms. The fourth-order valence-corrected chi connectivity index (χ4v) is 1.79. The Morgan fingerprint density at radius 2 is 1.85 bits per heavy atom. The summed E-state index contributed by atoms with van der Waals surface area (Å²) in [4.78, 5) is 22.5. The number of carbonyl (C=O) groups is 2. The highest BCUT2D eigenvalue weighted by Gasteiger charge is 2.14. The Kier molecular flexibility index (Phi) is 4.94. The van der Waals surface area contributed by atoms with Gasteiger partial charge in [-0.25, -0.2) is 9.59 Å². The maximum Gasteiger partial charge on any atom is 0.341 e. The van der Waals surface area contributed by atoms with Crippen LogP contribution in [0, 0.1) is 0 Å². The number of hydrogen-bond donors (Lipinski definition) is 2. The zero-order valence-corrected chi connectivity index (χ0v) is 11.4. The van der Waals surface area contributed by atoms with Crippen LogP contribution in [0.3, 0.4) is 0 Å². The monoisotopic (exact) mass is 296 g/mol. The van der Waals surface area contributed by atoms with Gasteiger partial charge in [-0.15, -0.1) is 12.4 Å². The van der Waals surface area contributed by atoms with Crippen molar-refractivity contribution in [3.63, 3.8) is 0 Å². The van der Waals surface area contributed by atoms with Gasteiger partial charge in [0.25, 0.3) is 0 Å². The molecule has 2 aromatic rings. The van der Waals surface area contributed by atoms with Crippen molar-refractivity contribution in [1.29, 1.82) is 0 Å². The van der Waals surface area contributed by atoms with Crippen LogP contribution in [0.1, 0.15) is 27.6 Å². The van der Waals surface area contributed by atoms with Crippen LogP contribution in [0.4, 0.5) is 0 Å². The van der Waals surface area contributed by atoms with E-state index >= 15 is 0 Å². The van der Waals surface area contributed by atoms with Crippen molar-refractivity contribution >= 4 is 35.1 Å². The van der Waals surface area contributed by atoms with E-state index in [2.05, 4.69) is 0 Å². The van der Waals surface area contributed by atoms with Gasteiger partial charge >= 0.3 is 11.9 Å². The van der Waals surface area contributed by atoms with Crippen molar-refractivity contribution in [2.75, 3.05) is 6.61 Å². The Hall–Kier alpha value is -2.27. The van der Waals surface area contributed by atoms with Crippen LogP contribution in [0.15, 0.2) is 30.3 Å². The van der Waals surface area contributed by atoms with E-state index in [1.807, 2.05) is 0 Å². The summed E-state index contributed by atoms with van der Waals surface area (Å²) in [7, 11) is 0. The lowest BCUT2D eigenvalue weighted by atomic mass is 10.0. The highest BCUT2D eigenvalue weighted by atomic mass is 35.5. The van der Waals surface area contributed by atoms with Gasteiger partial charge in [0.1, 0.15) is 11.3 Å². The van der Waals surface area contributed by atoms with Gasteiger partial charge in [-0.1, -0.05) is 6.07 Å². The minimum atomic E-state index is -1.05. The molecule has 2 aromatic carbocycles. The number of carboxylic acid groups (broad SMARTS) is 1. The molecular formula is C14H13ClO5. The van der Waals surface area contributed by atoms with Crippen molar-refractivity contribution in [2.24, 2.45) is 0 Å². The SMILES string of the molecule is CCOC(=O)c1cc2cc(C(=O)O)ccc2cc1O.Cl. The van der Waals surface area contributed by atoms with Crippen molar-refractivity contribution in [3.05, 3.63) is 41.5 Å². The van der Waals surface area contributed by atoms with Crippen LogP contribution in [0.5, 0.6) is 5.75 Å². The molecule has 0 spiro atoms. The number of halogens is 1. The number of carbonyl (C=O) groups excluding carboxylic acids is 1. The third kappa shape index (κ3) is 3.00. The Balaban J connectivity index is 0.00000200. The number of esters is 1. The first-order valence-electron chi connectivity index (χ1n) is 5.70. The van der Waals surface area contributed by atoms with E-state index in [-0.39, 0.29) is 35.9 Å². The molecule has 5 nitrogen and oxygen atoms in total. The molecule has 2 N–H and O–H groups in total. The lowest BCUT2D eigenvalue weighted by Gasteiger charge is -2.07. The fourth-order valence-electron chi connectivity index (χ4n) is 1.79. The third-order valence-corrected chi connectivity index (χ3v) is 2.70. The predicted octanol–water partition coefficient (Wildman–Crippen LogP) is 2.84. The van der Waals surface area contributed by atoms with Crippen LogP contribution in [0.25, 0.3) is 10.8 Å². The standard InChI is InChI=1S/C14H12O5.ClH/c1-2-19-14(18)11-6-10-5-9(13(16)17)4-3-8(10)7-12(11)15;/h3-7,15H,2H2,1H3,(H,16,17);1H. The van der Waals surface area contributed by atoms with Crippen molar-refractivity contribution < 1.29 is 24.5 Å². The lowest BCUT2D eigenvalue weighted by molar-refractivity contribution is 0.0523. The molecular weight excluding hydrogens is 284 g/mol. The molecule has 0 amide bonds. The smallest absolute Gasteiger partial charge is 0.341 e. The largest absolute Gasteiger partial charge is 0.507 e. The van der Waals surface area contributed by atoms with Crippen LogP contribution in [0.2, 0.25) is 0 Å². The van der Waals surface area contributed by atoms with E-state index in [0.29, 0.717) is 10.8 Å². The summed E-state index contributed by atoms with van der Waals surface area (Å²) < 4.78 is 4.82. The number of aromatic carboxylic acids is 1. The molecule has 0 aliphatic heterocycles. The molecule has 0 aromatic heterocycles. The number of phenols is 1. The number of benzene rings is 2. The minimum absolute atomic E-state index is 0. The Labute approximate surface area is 121 Å². The fraction of sp³-hybridized carbons (Fsp3) is 0.143. The molecule has 0 unspecified atom stereocenters. The second kappa shape index (κ2) is 6.25. The molecule has 20 heavy (non-hydrogen) atoms. The summed E-state index contributed by atoms with van der Waals surface area (Å²) in [5, 5.41) is 19.9. The third-order valence-electron chi connectivity index (χ3n) is 2.70. The maximum atomic E-state index is 11.6. The van der Waals surface area contributed by atoms with Gasteiger partial charge in [0.2, 0.25) is 0 Å². The van der Waals surface area contributed by atoms with Gasteiger partial charge in [-0.05, 0) is 42.0 Å². The number of rotatable bonds is 3. The first-order chi connectivity index (χ1) is 9.02. The summed E-state index contributed by atoms with van der Waals surface area (Å²) in [6, 6.07) is 7.30. The van der Waals surface area contributed by atoms with Crippen LogP contribution < -0.4 is 0 Å². The number of fused-ring (bicyclic) bond motifs is 1. The average Bonchev–Trinajstić information content (AvgIpc) is 2.37. The molecule has 0 aliphatic rings. The van der Waals surface area contributed by atoms with Crippen LogP contribution >= 0.6 is 12.4 Å². The number of phenolic OH excluding ortho intramolecular Hbond substituents is 1. The zero-order valence-electron chi connectivity index (χ0n) is 10.6. The van der Waals surface area contributed by atoms with E-state index in [0.717, 1.165) is 0 Å². The predicted molar refractivity (Wildman–Crippen MR) is 75.8 cm³/mol. The first kappa shape index (κ1) is 15.8. The summed E-state index contributed by atoms with van der Waals surface area (Å²) in [6.07, 6.45) is 0. The molecule has 0 atom stereocenters. The highest BCUT2D eigenvalue weighted by molar-refractivity contribution is 6.00. The van der Waals surface area contributed by atoms with Gasteiger partial charge in [0.15, 0.2) is 0 Å². The topological polar surface area (TPSA) is 83.8 Å². The Morgan fingerprint density at radius 1 is 1.15 bits per heavy atom. The average molecular weight is 297 g/mol. The maximum absolute atomic E-state index is 11.6. The normalized spacial score (nSPS) is 9.85. The van der Waals surface area contributed by atoms with E-state index < -0.39 is 11.9 Å². The van der Waals surface area contributed by atoms with Gasteiger partial charge in [-0.3, -0.25) is 0 Å². The van der Waals surface area contributed by atoms with Gasteiger partial charge < -0.3 is 14.9 Å². The molecule has 106 valence electrons. The molecule has 0 radical (unpaired) electrons. The lowest BCUT2D eigenvalue weighted by Crippen LogP contribution is -2.05. The zero-order chi connectivity index (χ0) is 14.0. The molecule has 0 fully saturated rings. The summed E-state index contributed by atoms with van der Waals surface area (Å²) in [5.41, 5.74) is 0.143. The number of ether oxygens (including phenoxy) is 1. The molecule has 0 aliphatic carbocycles. The van der Waals surface area contributed by atoms with Crippen LogP contribution in [-0.4, -0.2) is 28.8 Å². The Bertz CT molecular complexity index is 666. The number of carboxylic acids is 1. The summed E-state index contributed by atoms with van der Waals surface area (Å²) in [5.74, 6) is -1.87. The van der Waals surface area contributed by atoms with E-state index in [1.54, 1.807) is 13.0 Å². The molecule has 0 saturated carbocycles. The molecule has 6 heteroatoms. The van der Waals surface area contributed by atoms with Gasteiger partial charge in [-0.2, -0.15) is 0 Å². The molecule has 0 heterocycles. The van der Waals surface area contributed by atoms with Crippen molar-refractivity contribution in [2.45, 2.75) is 6.92 Å². The second-order valence-electron chi connectivity index (χ2n) is 3.96. The van der Waals surface area contributed by atoms with E-state index in [1.165, 1.54) is 24.3 Å². The minimum Gasteiger partial charge on any atom is -0.507 e. The Morgan fingerprint density at radius 3 is 2.45 bits per heavy atom. The molecule has 2 rings (SSSR count). The second-order valence-corrected chi connectivity index (χ2v) is 3.96.